The molecule has 0 aromatic heterocycles. The van der Waals surface area contributed by atoms with Gasteiger partial charge in [-0.1, -0.05) is 23.7 Å². The Bertz CT molecular complexity index is 722. The Kier molecular flexibility index (Phi) is 5.69. The van der Waals surface area contributed by atoms with E-state index in [2.05, 4.69) is 10.6 Å². The third-order valence-corrected chi connectivity index (χ3v) is 3.71. The van der Waals surface area contributed by atoms with E-state index in [0.717, 1.165) is 11.6 Å². The molecule has 0 fully saturated rings. The molecule has 122 valence electrons. The fourth-order valence-corrected chi connectivity index (χ4v) is 2.30. The first-order valence-electron chi connectivity index (χ1n) is 7.11. The van der Waals surface area contributed by atoms with Gasteiger partial charge in [-0.15, -0.1) is 0 Å². The number of aryl methyl sites for hydroxylation is 1. The summed E-state index contributed by atoms with van der Waals surface area (Å²) in [6.07, 6.45) is 0. The Balaban J connectivity index is 1.94. The third kappa shape index (κ3) is 4.74. The van der Waals surface area contributed by atoms with E-state index < -0.39 is 17.7 Å². The number of hydrogen-bond donors (Lipinski definition) is 2. The molecule has 0 aliphatic carbocycles. The van der Waals surface area contributed by atoms with Gasteiger partial charge in [0.2, 0.25) is 5.91 Å². The summed E-state index contributed by atoms with van der Waals surface area (Å²) in [5, 5.41) is 6.18. The topological polar surface area (TPSA) is 41.1 Å². The second-order valence-corrected chi connectivity index (χ2v) is 5.71. The maximum atomic E-state index is 13.7. The molecule has 2 rings (SSSR count). The molecule has 0 unspecified atom stereocenters. The average molecular weight is 339 g/mol. The monoisotopic (exact) mass is 338 g/mol. The number of carbonyl (C=O) groups is 1. The molecule has 0 heterocycles. The van der Waals surface area contributed by atoms with Crippen molar-refractivity contribution in [3.05, 3.63) is 64.2 Å². The number of amides is 1. The molecule has 2 aromatic carbocycles. The molecule has 1 atom stereocenters. The van der Waals surface area contributed by atoms with Crippen molar-refractivity contribution in [3.8, 4) is 0 Å². The van der Waals surface area contributed by atoms with Gasteiger partial charge < -0.3 is 10.6 Å². The molecular weight excluding hydrogens is 322 g/mol. The summed E-state index contributed by atoms with van der Waals surface area (Å²) in [6, 6.07) is 8.15. The van der Waals surface area contributed by atoms with Crippen LogP contribution in [-0.4, -0.2) is 12.5 Å². The first-order chi connectivity index (χ1) is 10.9. The smallest absolute Gasteiger partial charge is 0.238 e. The van der Waals surface area contributed by atoms with Gasteiger partial charge in [-0.2, -0.15) is 0 Å². The van der Waals surface area contributed by atoms with Crippen LogP contribution in [0.4, 0.5) is 14.5 Å². The maximum absolute atomic E-state index is 13.7. The van der Waals surface area contributed by atoms with Crippen molar-refractivity contribution in [1.82, 2.24) is 5.32 Å². The van der Waals surface area contributed by atoms with Crippen LogP contribution in [0.1, 0.15) is 24.1 Å². The average Bonchev–Trinajstić information content (AvgIpc) is 2.48. The van der Waals surface area contributed by atoms with Crippen LogP contribution in [0.3, 0.4) is 0 Å². The van der Waals surface area contributed by atoms with Crippen LogP contribution in [-0.2, 0) is 4.79 Å². The van der Waals surface area contributed by atoms with E-state index in [1.165, 1.54) is 12.1 Å². The summed E-state index contributed by atoms with van der Waals surface area (Å²) in [6.45, 7) is 3.55. The van der Waals surface area contributed by atoms with Crippen LogP contribution in [0.15, 0.2) is 36.4 Å². The molecule has 0 bridgehead atoms. The molecule has 0 saturated heterocycles. The number of hydrogen-bond acceptors (Lipinski definition) is 2. The van der Waals surface area contributed by atoms with Crippen LogP contribution in [0.25, 0.3) is 0 Å². The van der Waals surface area contributed by atoms with Gasteiger partial charge in [0, 0.05) is 28.4 Å². The summed E-state index contributed by atoms with van der Waals surface area (Å²) in [7, 11) is 0. The minimum atomic E-state index is -0.643. The lowest BCUT2D eigenvalue weighted by Gasteiger charge is -2.15. The molecule has 0 radical (unpaired) electrons. The lowest BCUT2D eigenvalue weighted by Crippen LogP contribution is -2.30. The summed E-state index contributed by atoms with van der Waals surface area (Å²) in [5.74, 6) is -1.55. The van der Waals surface area contributed by atoms with E-state index in [-0.39, 0.29) is 12.5 Å². The summed E-state index contributed by atoms with van der Waals surface area (Å²) in [4.78, 5) is 12.0. The largest absolute Gasteiger partial charge is 0.325 e. The highest BCUT2D eigenvalue weighted by molar-refractivity contribution is 6.31. The summed E-state index contributed by atoms with van der Waals surface area (Å²) >= 11 is 5.90. The quantitative estimate of drug-likeness (QED) is 0.857. The zero-order valence-corrected chi connectivity index (χ0v) is 13.5. The minimum absolute atomic E-state index is 0.00998. The molecule has 2 aromatic rings. The Hall–Kier alpha value is -1.98. The van der Waals surface area contributed by atoms with Gasteiger partial charge in [0.25, 0.3) is 0 Å². The molecule has 3 nitrogen and oxygen atoms in total. The predicted octanol–water partition coefficient (Wildman–Crippen LogP) is 4.22. The lowest BCUT2D eigenvalue weighted by atomic mass is 10.1. The SMILES string of the molecule is Cc1ccc(Cl)cc1NC(=O)CN[C@H](C)c1ccc(F)cc1F. The molecule has 1 amide bonds. The summed E-state index contributed by atoms with van der Waals surface area (Å²) < 4.78 is 26.6. The fourth-order valence-electron chi connectivity index (χ4n) is 2.13. The number of nitrogens with one attached hydrogen (secondary N) is 2. The second kappa shape index (κ2) is 7.53. The second-order valence-electron chi connectivity index (χ2n) is 5.28. The number of anilines is 1. The first kappa shape index (κ1) is 17.4. The van der Waals surface area contributed by atoms with E-state index in [4.69, 9.17) is 11.6 Å². The molecule has 2 N–H and O–H groups in total. The normalized spacial score (nSPS) is 12.0. The fraction of sp³-hybridized carbons (Fsp3) is 0.235. The third-order valence-electron chi connectivity index (χ3n) is 3.47. The Morgan fingerprint density at radius 1 is 1.22 bits per heavy atom. The van der Waals surface area contributed by atoms with Crippen LogP contribution in [0, 0.1) is 18.6 Å². The van der Waals surface area contributed by atoms with E-state index in [0.29, 0.717) is 16.3 Å². The van der Waals surface area contributed by atoms with Crippen molar-refractivity contribution in [2.45, 2.75) is 19.9 Å². The van der Waals surface area contributed by atoms with Gasteiger partial charge in [-0.05, 0) is 37.6 Å². The van der Waals surface area contributed by atoms with Crippen molar-refractivity contribution in [2.24, 2.45) is 0 Å². The highest BCUT2D eigenvalue weighted by Crippen LogP contribution is 2.20. The van der Waals surface area contributed by atoms with Crippen molar-refractivity contribution >= 4 is 23.2 Å². The van der Waals surface area contributed by atoms with Crippen molar-refractivity contribution < 1.29 is 13.6 Å². The van der Waals surface area contributed by atoms with Crippen molar-refractivity contribution in [1.29, 1.82) is 0 Å². The zero-order chi connectivity index (χ0) is 17.0. The van der Waals surface area contributed by atoms with Gasteiger partial charge >= 0.3 is 0 Å². The Labute approximate surface area is 138 Å². The number of carbonyl (C=O) groups excluding carboxylic acids is 1. The van der Waals surface area contributed by atoms with E-state index in [1.807, 2.05) is 13.0 Å². The molecular formula is C17H17ClF2N2O. The van der Waals surface area contributed by atoms with Crippen LogP contribution in [0.2, 0.25) is 5.02 Å². The molecule has 0 aliphatic rings. The van der Waals surface area contributed by atoms with Gasteiger partial charge in [0.1, 0.15) is 11.6 Å². The zero-order valence-electron chi connectivity index (χ0n) is 12.8. The number of benzene rings is 2. The van der Waals surface area contributed by atoms with Crippen LogP contribution < -0.4 is 10.6 Å². The first-order valence-corrected chi connectivity index (χ1v) is 7.49. The molecule has 0 saturated carbocycles. The van der Waals surface area contributed by atoms with Crippen LogP contribution in [0.5, 0.6) is 0 Å². The molecule has 6 heteroatoms. The highest BCUT2D eigenvalue weighted by atomic mass is 35.5. The maximum Gasteiger partial charge on any atom is 0.238 e. The van der Waals surface area contributed by atoms with Crippen molar-refractivity contribution in [3.63, 3.8) is 0 Å². The van der Waals surface area contributed by atoms with Crippen LogP contribution >= 0.6 is 11.6 Å². The Morgan fingerprint density at radius 3 is 2.65 bits per heavy atom. The number of rotatable bonds is 5. The van der Waals surface area contributed by atoms with E-state index >= 15 is 0 Å². The summed E-state index contributed by atoms with van der Waals surface area (Å²) in [5.41, 5.74) is 1.82. The molecule has 23 heavy (non-hydrogen) atoms. The molecule has 0 aliphatic heterocycles. The lowest BCUT2D eigenvalue weighted by molar-refractivity contribution is -0.115. The van der Waals surface area contributed by atoms with E-state index in [1.54, 1.807) is 19.1 Å². The standard InChI is InChI=1S/C17H17ClF2N2O/c1-10-3-4-12(18)7-16(10)22-17(23)9-21-11(2)14-6-5-13(19)8-15(14)20/h3-8,11,21H,9H2,1-2H3,(H,22,23)/t11-/m1/s1. The minimum Gasteiger partial charge on any atom is -0.325 e. The Morgan fingerprint density at radius 2 is 1.96 bits per heavy atom. The van der Waals surface area contributed by atoms with Crippen molar-refractivity contribution in [2.75, 3.05) is 11.9 Å². The van der Waals surface area contributed by atoms with Gasteiger partial charge in [0.05, 0.1) is 6.54 Å². The molecule has 0 spiro atoms. The predicted molar refractivity (Wildman–Crippen MR) is 87.6 cm³/mol. The van der Waals surface area contributed by atoms with Gasteiger partial charge in [-0.25, -0.2) is 8.78 Å². The number of halogens is 3. The highest BCUT2D eigenvalue weighted by Gasteiger charge is 2.13. The van der Waals surface area contributed by atoms with Gasteiger partial charge in [0.15, 0.2) is 0 Å². The van der Waals surface area contributed by atoms with Gasteiger partial charge in [-0.3, -0.25) is 4.79 Å². The van der Waals surface area contributed by atoms with E-state index in [9.17, 15) is 13.6 Å².